The Bertz CT molecular complexity index is 626. The Morgan fingerprint density at radius 2 is 1.84 bits per heavy atom. The number of carbonyl (C=O) groups is 1. The van der Waals surface area contributed by atoms with Crippen LogP contribution in [0.25, 0.3) is 0 Å². The minimum Gasteiger partial charge on any atom is -0.316 e. The normalized spacial score (nSPS) is 10.3. The third-order valence-electron chi connectivity index (χ3n) is 2.22. The lowest BCUT2D eigenvalue weighted by atomic mass is 10.2. The van der Waals surface area contributed by atoms with Crippen molar-refractivity contribution in [3.63, 3.8) is 0 Å². The molecule has 19 heavy (non-hydrogen) atoms. The minimum absolute atomic E-state index is 0.0456. The van der Waals surface area contributed by atoms with Gasteiger partial charge >= 0.3 is 0 Å². The van der Waals surface area contributed by atoms with Gasteiger partial charge in [-0.1, -0.05) is 15.9 Å². The van der Waals surface area contributed by atoms with Gasteiger partial charge in [0.1, 0.15) is 11.4 Å². The molecule has 2 aromatic rings. The summed E-state index contributed by atoms with van der Waals surface area (Å²) in [7, 11) is 0. The van der Waals surface area contributed by atoms with Gasteiger partial charge < -0.3 is 5.32 Å². The van der Waals surface area contributed by atoms with Crippen LogP contribution in [-0.4, -0.2) is 10.9 Å². The molecule has 0 fully saturated rings. The SMILES string of the molecule is O=C(Nc1c(F)cc(Br)cc1F)c1ncccc1Br. The Labute approximate surface area is 124 Å². The Morgan fingerprint density at radius 3 is 2.42 bits per heavy atom. The first-order valence-corrected chi connectivity index (χ1v) is 6.64. The van der Waals surface area contributed by atoms with E-state index in [0.29, 0.717) is 4.47 Å². The summed E-state index contributed by atoms with van der Waals surface area (Å²) < 4.78 is 27.8. The molecule has 0 spiro atoms. The second-order valence-corrected chi connectivity index (χ2v) is 5.30. The summed E-state index contributed by atoms with van der Waals surface area (Å²) >= 11 is 6.10. The molecule has 1 amide bonds. The van der Waals surface area contributed by atoms with E-state index >= 15 is 0 Å². The van der Waals surface area contributed by atoms with Crippen molar-refractivity contribution in [1.82, 2.24) is 4.98 Å². The number of nitrogens with one attached hydrogen (secondary N) is 1. The molecule has 0 unspecified atom stereocenters. The number of carbonyl (C=O) groups excluding carboxylic acids is 1. The van der Waals surface area contributed by atoms with Crippen molar-refractivity contribution >= 4 is 43.5 Å². The third kappa shape index (κ3) is 3.16. The summed E-state index contributed by atoms with van der Waals surface area (Å²) in [5, 5.41) is 2.16. The average molecular weight is 392 g/mol. The molecule has 1 N–H and O–H groups in total. The van der Waals surface area contributed by atoms with Gasteiger partial charge in [0.2, 0.25) is 0 Å². The molecule has 0 radical (unpaired) electrons. The van der Waals surface area contributed by atoms with Crippen molar-refractivity contribution in [2.45, 2.75) is 0 Å². The van der Waals surface area contributed by atoms with Crippen LogP contribution >= 0.6 is 31.9 Å². The number of aromatic nitrogens is 1. The van der Waals surface area contributed by atoms with E-state index in [1.54, 1.807) is 12.1 Å². The fourth-order valence-electron chi connectivity index (χ4n) is 1.39. The maximum atomic E-state index is 13.6. The van der Waals surface area contributed by atoms with Gasteiger partial charge in [-0.2, -0.15) is 0 Å². The molecule has 98 valence electrons. The Hall–Kier alpha value is -1.34. The first kappa shape index (κ1) is 14.1. The van der Waals surface area contributed by atoms with Crippen molar-refractivity contribution in [3.05, 3.63) is 56.7 Å². The van der Waals surface area contributed by atoms with E-state index in [-0.39, 0.29) is 10.2 Å². The zero-order valence-electron chi connectivity index (χ0n) is 9.25. The molecule has 3 nitrogen and oxygen atoms in total. The number of benzene rings is 1. The van der Waals surface area contributed by atoms with Crippen LogP contribution in [0.3, 0.4) is 0 Å². The highest BCUT2D eigenvalue weighted by Gasteiger charge is 2.17. The van der Waals surface area contributed by atoms with Gasteiger partial charge in [0.25, 0.3) is 5.91 Å². The topological polar surface area (TPSA) is 42.0 Å². The minimum atomic E-state index is -0.868. The van der Waals surface area contributed by atoms with E-state index in [1.165, 1.54) is 6.20 Å². The van der Waals surface area contributed by atoms with Crippen molar-refractivity contribution in [3.8, 4) is 0 Å². The number of anilines is 1. The number of nitrogens with zero attached hydrogens (tertiary/aromatic N) is 1. The zero-order chi connectivity index (χ0) is 14.0. The zero-order valence-corrected chi connectivity index (χ0v) is 12.4. The maximum Gasteiger partial charge on any atom is 0.275 e. The van der Waals surface area contributed by atoms with Crippen molar-refractivity contribution in [2.75, 3.05) is 5.32 Å². The van der Waals surface area contributed by atoms with Gasteiger partial charge in [0.15, 0.2) is 11.6 Å². The summed E-state index contributed by atoms with van der Waals surface area (Å²) in [5.41, 5.74) is -0.463. The van der Waals surface area contributed by atoms with Crippen LogP contribution in [0.2, 0.25) is 0 Å². The van der Waals surface area contributed by atoms with Gasteiger partial charge in [0, 0.05) is 15.1 Å². The van der Waals surface area contributed by atoms with Crippen LogP contribution in [-0.2, 0) is 0 Å². The fourth-order valence-corrected chi connectivity index (χ4v) is 2.22. The summed E-state index contributed by atoms with van der Waals surface area (Å²) in [6.07, 6.45) is 1.41. The molecule has 0 saturated carbocycles. The molecule has 0 aliphatic carbocycles. The molecule has 0 aliphatic rings. The van der Waals surface area contributed by atoms with Gasteiger partial charge in [-0.25, -0.2) is 13.8 Å². The highest BCUT2D eigenvalue weighted by atomic mass is 79.9. The highest BCUT2D eigenvalue weighted by Crippen LogP contribution is 2.24. The lowest BCUT2D eigenvalue weighted by Crippen LogP contribution is -2.16. The molecule has 0 atom stereocenters. The van der Waals surface area contributed by atoms with Crippen LogP contribution in [0, 0.1) is 11.6 Å². The number of halogens is 4. The molecule has 7 heteroatoms. The van der Waals surface area contributed by atoms with E-state index in [0.717, 1.165) is 12.1 Å². The van der Waals surface area contributed by atoms with Gasteiger partial charge in [0.05, 0.1) is 0 Å². The molecular weight excluding hydrogens is 386 g/mol. The van der Waals surface area contributed by atoms with E-state index in [4.69, 9.17) is 0 Å². The average Bonchev–Trinajstić information content (AvgIpc) is 2.34. The van der Waals surface area contributed by atoms with Crippen molar-refractivity contribution < 1.29 is 13.6 Å². The third-order valence-corrected chi connectivity index (χ3v) is 3.32. The summed E-state index contributed by atoms with van der Waals surface area (Å²) in [4.78, 5) is 15.7. The predicted molar refractivity (Wildman–Crippen MR) is 73.9 cm³/mol. The predicted octanol–water partition coefficient (Wildman–Crippen LogP) is 4.14. The second-order valence-electron chi connectivity index (χ2n) is 3.53. The standard InChI is InChI=1S/C12H6Br2F2N2O/c13-6-4-8(15)11(9(16)5-6)18-12(19)10-7(14)2-1-3-17-10/h1-5H,(H,18,19). The Morgan fingerprint density at radius 1 is 1.21 bits per heavy atom. The van der Waals surface area contributed by atoms with Crippen molar-refractivity contribution in [2.24, 2.45) is 0 Å². The van der Waals surface area contributed by atoms with E-state index < -0.39 is 23.2 Å². The summed E-state index contributed by atoms with van der Waals surface area (Å²) in [6, 6.07) is 5.36. The molecule has 0 aliphatic heterocycles. The quantitative estimate of drug-likeness (QED) is 0.835. The second kappa shape index (κ2) is 5.75. The molecule has 0 bridgehead atoms. The molecule has 2 rings (SSSR count). The van der Waals surface area contributed by atoms with E-state index in [2.05, 4.69) is 42.2 Å². The molecule has 1 aromatic heterocycles. The Balaban J connectivity index is 2.32. The molecular formula is C12H6Br2F2N2O. The number of hydrogen-bond acceptors (Lipinski definition) is 2. The highest BCUT2D eigenvalue weighted by molar-refractivity contribution is 9.10. The Kier molecular flexibility index (Phi) is 4.26. The first-order valence-electron chi connectivity index (χ1n) is 5.05. The van der Waals surface area contributed by atoms with Crippen molar-refractivity contribution in [1.29, 1.82) is 0 Å². The largest absolute Gasteiger partial charge is 0.316 e. The monoisotopic (exact) mass is 390 g/mol. The smallest absolute Gasteiger partial charge is 0.275 e. The van der Waals surface area contributed by atoms with Crippen LogP contribution in [0.15, 0.2) is 39.4 Å². The van der Waals surface area contributed by atoms with Crippen LogP contribution in [0.5, 0.6) is 0 Å². The number of pyridine rings is 1. The van der Waals surface area contributed by atoms with E-state index in [1.807, 2.05) is 0 Å². The first-order chi connectivity index (χ1) is 8.99. The van der Waals surface area contributed by atoms with Crippen LogP contribution < -0.4 is 5.32 Å². The lowest BCUT2D eigenvalue weighted by molar-refractivity contribution is 0.102. The van der Waals surface area contributed by atoms with Gasteiger partial charge in [-0.15, -0.1) is 0 Å². The van der Waals surface area contributed by atoms with E-state index in [9.17, 15) is 13.6 Å². The number of hydrogen-bond donors (Lipinski definition) is 1. The van der Waals surface area contributed by atoms with Crippen LogP contribution in [0.4, 0.5) is 14.5 Å². The summed E-state index contributed by atoms with van der Waals surface area (Å²) in [5.74, 6) is -2.44. The number of amides is 1. The lowest BCUT2D eigenvalue weighted by Gasteiger charge is -2.08. The van der Waals surface area contributed by atoms with Crippen LogP contribution in [0.1, 0.15) is 10.5 Å². The van der Waals surface area contributed by atoms with Gasteiger partial charge in [-0.3, -0.25) is 4.79 Å². The fraction of sp³-hybridized carbons (Fsp3) is 0. The maximum absolute atomic E-state index is 13.6. The summed E-state index contributed by atoms with van der Waals surface area (Å²) in [6.45, 7) is 0. The molecule has 1 heterocycles. The number of rotatable bonds is 2. The molecule has 1 aromatic carbocycles. The van der Waals surface area contributed by atoms with Gasteiger partial charge in [-0.05, 0) is 40.2 Å². The molecule has 0 saturated heterocycles.